The zero-order valence-electron chi connectivity index (χ0n) is 12.2. The highest BCUT2D eigenvalue weighted by Crippen LogP contribution is 2.11. The van der Waals surface area contributed by atoms with Crippen LogP contribution < -0.4 is 10.9 Å². The van der Waals surface area contributed by atoms with Crippen LogP contribution in [0, 0.1) is 0 Å². The van der Waals surface area contributed by atoms with Gasteiger partial charge in [-0.25, -0.2) is 0 Å². The van der Waals surface area contributed by atoms with Crippen LogP contribution >= 0.6 is 0 Å². The van der Waals surface area contributed by atoms with E-state index in [-0.39, 0.29) is 11.5 Å². The maximum atomic E-state index is 12.4. The normalized spacial score (nSPS) is 10.6. The second kappa shape index (κ2) is 5.85. The lowest BCUT2D eigenvalue weighted by Gasteiger charge is -2.10. The Morgan fingerprint density at radius 1 is 1.05 bits per heavy atom. The Labute approximate surface area is 128 Å². The van der Waals surface area contributed by atoms with Crippen LogP contribution in [-0.4, -0.2) is 10.5 Å². The molecule has 4 nitrogen and oxygen atoms in total. The van der Waals surface area contributed by atoms with Crippen molar-refractivity contribution in [1.29, 1.82) is 0 Å². The van der Waals surface area contributed by atoms with Crippen molar-refractivity contribution in [2.75, 3.05) is 0 Å². The van der Waals surface area contributed by atoms with E-state index in [0.29, 0.717) is 17.6 Å². The van der Waals surface area contributed by atoms with Crippen LogP contribution in [0.2, 0.25) is 0 Å². The van der Waals surface area contributed by atoms with Gasteiger partial charge in [0.2, 0.25) is 0 Å². The second-order valence-corrected chi connectivity index (χ2v) is 5.15. The van der Waals surface area contributed by atoms with E-state index in [1.807, 2.05) is 48.5 Å². The molecule has 110 valence electrons. The number of nitrogens with zero attached hydrogens (tertiary/aromatic N) is 1. The summed E-state index contributed by atoms with van der Waals surface area (Å²) in [4.78, 5) is 24.7. The van der Waals surface area contributed by atoms with E-state index in [1.54, 1.807) is 19.2 Å². The van der Waals surface area contributed by atoms with Crippen molar-refractivity contribution in [2.24, 2.45) is 7.05 Å². The molecule has 2 aromatic carbocycles. The molecule has 0 saturated heterocycles. The molecule has 1 amide bonds. The van der Waals surface area contributed by atoms with Crippen LogP contribution in [0.1, 0.15) is 16.1 Å². The molecule has 0 atom stereocenters. The molecule has 1 N–H and O–H groups in total. The number of carbonyl (C=O) groups excluding carboxylic acids is 1. The molecular weight excluding hydrogens is 276 g/mol. The Morgan fingerprint density at radius 3 is 2.50 bits per heavy atom. The predicted octanol–water partition coefficient (Wildman–Crippen LogP) is 2.47. The first-order valence-electron chi connectivity index (χ1n) is 7.08. The van der Waals surface area contributed by atoms with Crippen LogP contribution in [0.15, 0.2) is 65.5 Å². The summed E-state index contributed by atoms with van der Waals surface area (Å²) in [5.41, 5.74) is 1.21. The van der Waals surface area contributed by atoms with E-state index in [0.717, 1.165) is 10.9 Å². The Morgan fingerprint density at radius 2 is 1.73 bits per heavy atom. The molecule has 0 spiro atoms. The number of hydrogen-bond acceptors (Lipinski definition) is 2. The average molecular weight is 292 g/mol. The van der Waals surface area contributed by atoms with Crippen molar-refractivity contribution in [3.05, 3.63) is 82.3 Å². The molecule has 0 aliphatic rings. The summed E-state index contributed by atoms with van der Waals surface area (Å²) in [7, 11) is 1.62. The number of fused-ring (bicyclic) bond motifs is 1. The topological polar surface area (TPSA) is 51.1 Å². The SMILES string of the molecule is Cn1c(C(=O)NCc2ccccc2)cc2ccccc2c1=O. The number of aromatic nitrogens is 1. The smallest absolute Gasteiger partial charge is 0.268 e. The summed E-state index contributed by atoms with van der Waals surface area (Å²) >= 11 is 0. The van der Waals surface area contributed by atoms with Crippen molar-refractivity contribution in [3.8, 4) is 0 Å². The Hall–Kier alpha value is -2.88. The number of rotatable bonds is 3. The molecule has 3 aromatic rings. The van der Waals surface area contributed by atoms with E-state index < -0.39 is 0 Å². The van der Waals surface area contributed by atoms with Crippen molar-refractivity contribution in [3.63, 3.8) is 0 Å². The fraction of sp³-hybridized carbons (Fsp3) is 0.111. The number of pyridine rings is 1. The third kappa shape index (κ3) is 2.63. The van der Waals surface area contributed by atoms with Gasteiger partial charge in [-0.1, -0.05) is 48.5 Å². The molecule has 0 saturated carbocycles. The van der Waals surface area contributed by atoms with Crippen LogP contribution in [-0.2, 0) is 13.6 Å². The van der Waals surface area contributed by atoms with Gasteiger partial charge in [0.25, 0.3) is 11.5 Å². The molecule has 1 heterocycles. The zero-order chi connectivity index (χ0) is 15.5. The Bertz CT molecular complexity index is 882. The number of benzene rings is 2. The first-order chi connectivity index (χ1) is 10.7. The van der Waals surface area contributed by atoms with Crippen molar-refractivity contribution < 1.29 is 4.79 Å². The summed E-state index contributed by atoms with van der Waals surface area (Å²) in [5.74, 6) is -0.255. The highest BCUT2D eigenvalue weighted by Gasteiger charge is 2.12. The quantitative estimate of drug-likeness (QED) is 0.806. The number of hydrogen-bond donors (Lipinski definition) is 1. The summed E-state index contributed by atoms with van der Waals surface area (Å²) in [6, 6.07) is 18.7. The fourth-order valence-corrected chi connectivity index (χ4v) is 2.44. The summed E-state index contributed by atoms with van der Waals surface area (Å²) in [5, 5.41) is 4.24. The van der Waals surface area contributed by atoms with Gasteiger partial charge in [-0.3, -0.25) is 9.59 Å². The molecule has 0 unspecified atom stereocenters. The molecule has 1 aromatic heterocycles. The molecule has 4 heteroatoms. The first kappa shape index (κ1) is 14.1. The minimum absolute atomic E-state index is 0.164. The lowest BCUT2D eigenvalue weighted by molar-refractivity contribution is 0.0942. The molecule has 0 bridgehead atoms. The first-order valence-corrected chi connectivity index (χ1v) is 7.08. The number of nitrogens with one attached hydrogen (secondary N) is 1. The Kier molecular flexibility index (Phi) is 3.74. The third-order valence-electron chi connectivity index (χ3n) is 3.68. The molecule has 3 rings (SSSR count). The van der Waals surface area contributed by atoms with E-state index in [4.69, 9.17) is 0 Å². The Balaban J connectivity index is 1.91. The molecule has 0 fully saturated rings. The maximum absolute atomic E-state index is 12.4. The molecule has 22 heavy (non-hydrogen) atoms. The van der Waals surface area contributed by atoms with Gasteiger partial charge in [0.15, 0.2) is 0 Å². The van der Waals surface area contributed by atoms with Crippen molar-refractivity contribution >= 4 is 16.7 Å². The minimum Gasteiger partial charge on any atom is -0.347 e. The van der Waals surface area contributed by atoms with Crippen LogP contribution in [0.25, 0.3) is 10.8 Å². The molecule has 0 radical (unpaired) electrons. The van der Waals surface area contributed by atoms with Gasteiger partial charge in [-0.05, 0) is 23.1 Å². The monoisotopic (exact) mass is 292 g/mol. The summed E-state index contributed by atoms with van der Waals surface area (Å²) in [6.45, 7) is 0.431. The fourth-order valence-electron chi connectivity index (χ4n) is 2.44. The van der Waals surface area contributed by atoms with Gasteiger partial charge in [0, 0.05) is 19.0 Å². The van der Waals surface area contributed by atoms with Crippen molar-refractivity contribution in [1.82, 2.24) is 9.88 Å². The average Bonchev–Trinajstić information content (AvgIpc) is 2.57. The largest absolute Gasteiger partial charge is 0.347 e. The highest BCUT2D eigenvalue weighted by atomic mass is 16.2. The maximum Gasteiger partial charge on any atom is 0.268 e. The van der Waals surface area contributed by atoms with E-state index in [1.165, 1.54) is 4.57 Å². The standard InChI is InChI=1S/C18H16N2O2/c1-20-16(11-14-9-5-6-10-15(14)18(20)22)17(21)19-12-13-7-3-2-4-8-13/h2-11H,12H2,1H3,(H,19,21). The van der Waals surface area contributed by atoms with Crippen LogP contribution in [0.5, 0.6) is 0 Å². The van der Waals surface area contributed by atoms with Gasteiger partial charge in [-0.15, -0.1) is 0 Å². The summed E-state index contributed by atoms with van der Waals surface area (Å²) in [6.07, 6.45) is 0. The summed E-state index contributed by atoms with van der Waals surface area (Å²) < 4.78 is 1.39. The van der Waals surface area contributed by atoms with E-state index >= 15 is 0 Å². The zero-order valence-corrected chi connectivity index (χ0v) is 12.2. The molecule has 0 aliphatic heterocycles. The predicted molar refractivity (Wildman–Crippen MR) is 86.8 cm³/mol. The minimum atomic E-state index is -0.255. The van der Waals surface area contributed by atoms with Crippen LogP contribution in [0.3, 0.4) is 0 Å². The van der Waals surface area contributed by atoms with Crippen molar-refractivity contribution in [2.45, 2.75) is 6.54 Å². The van der Waals surface area contributed by atoms with Gasteiger partial charge in [-0.2, -0.15) is 0 Å². The van der Waals surface area contributed by atoms with E-state index in [2.05, 4.69) is 5.32 Å². The van der Waals surface area contributed by atoms with Gasteiger partial charge in [0.1, 0.15) is 5.69 Å². The lowest BCUT2D eigenvalue weighted by atomic mass is 10.1. The lowest BCUT2D eigenvalue weighted by Crippen LogP contribution is -2.30. The molecule has 0 aliphatic carbocycles. The van der Waals surface area contributed by atoms with Gasteiger partial charge < -0.3 is 9.88 Å². The molecular formula is C18H16N2O2. The van der Waals surface area contributed by atoms with Crippen LogP contribution in [0.4, 0.5) is 0 Å². The van der Waals surface area contributed by atoms with Gasteiger partial charge >= 0.3 is 0 Å². The third-order valence-corrected chi connectivity index (χ3v) is 3.68. The van der Waals surface area contributed by atoms with E-state index in [9.17, 15) is 9.59 Å². The number of carbonyl (C=O) groups is 1. The number of amides is 1. The second-order valence-electron chi connectivity index (χ2n) is 5.15. The van der Waals surface area contributed by atoms with Gasteiger partial charge in [0.05, 0.1) is 0 Å². The highest BCUT2D eigenvalue weighted by molar-refractivity contribution is 5.96.